The lowest BCUT2D eigenvalue weighted by molar-refractivity contribution is -0.385. The summed E-state index contributed by atoms with van der Waals surface area (Å²) in [4.78, 5) is 42.1. The van der Waals surface area contributed by atoms with Gasteiger partial charge < -0.3 is 0 Å². The second-order valence-corrected chi connectivity index (χ2v) is 11.0. The zero-order valence-electron chi connectivity index (χ0n) is 21.5. The van der Waals surface area contributed by atoms with E-state index in [1.54, 1.807) is 0 Å². The van der Waals surface area contributed by atoms with E-state index in [-0.39, 0.29) is 66.0 Å². The van der Waals surface area contributed by atoms with Crippen LogP contribution in [0, 0.1) is 40.5 Å². The molecular weight excluding hydrogens is 584 g/mol. The summed E-state index contributed by atoms with van der Waals surface area (Å²) >= 11 is 0. The molecule has 1 aliphatic rings. The number of rotatable bonds is 8. The topological polar surface area (TPSA) is 207 Å². The Morgan fingerprint density at radius 3 is 0.791 bits per heavy atom. The van der Waals surface area contributed by atoms with E-state index in [0.29, 0.717) is 0 Å². The first-order chi connectivity index (χ1) is 20.4. The maximum atomic E-state index is 14.4. The van der Waals surface area contributed by atoms with Gasteiger partial charge in [-0.25, -0.2) is 8.42 Å². The third-order valence-electron chi connectivity index (χ3n) is 6.66. The molecule has 0 radical (unpaired) electrons. The summed E-state index contributed by atoms with van der Waals surface area (Å²) in [5.74, 6) is 0. The van der Waals surface area contributed by atoms with Gasteiger partial charge in [0.1, 0.15) is 0 Å². The quantitative estimate of drug-likeness (QED) is 0.165. The summed E-state index contributed by atoms with van der Waals surface area (Å²) in [5.41, 5.74) is -0.383. The monoisotopic (exact) mass is 600 g/mol. The molecule has 4 aromatic rings. The van der Waals surface area contributed by atoms with Crippen LogP contribution in [0.3, 0.4) is 0 Å². The maximum Gasteiger partial charge on any atom is 0.269 e. The van der Waals surface area contributed by atoms with Gasteiger partial charge in [-0.05, 0) is 70.8 Å². The summed E-state index contributed by atoms with van der Waals surface area (Å²) in [6.45, 7) is 0. The van der Waals surface area contributed by atoms with E-state index in [1.165, 1.54) is 72.8 Å². The Labute approximate surface area is 241 Å². The van der Waals surface area contributed by atoms with Gasteiger partial charge in [-0.2, -0.15) is 0 Å². The number of allylic oxidation sites excluding steroid dienone is 2. The minimum atomic E-state index is -4.50. The van der Waals surface area contributed by atoms with Crippen molar-refractivity contribution in [3.63, 3.8) is 0 Å². The third-order valence-corrected chi connectivity index (χ3v) is 8.61. The average molecular weight is 601 g/mol. The van der Waals surface area contributed by atoms with Gasteiger partial charge in [0, 0.05) is 59.7 Å². The lowest BCUT2D eigenvalue weighted by Crippen LogP contribution is -2.04. The van der Waals surface area contributed by atoms with Crippen molar-refractivity contribution in [2.45, 2.75) is 0 Å². The average Bonchev–Trinajstić information content (AvgIpc) is 3.24. The van der Waals surface area contributed by atoms with Crippen LogP contribution in [0.1, 0.15) is 22.3 Å². The number of nitro benzene ring substituents is 4. The van der Waals surface area contributed by atoms with E-state index >= 15 is 0 Å². The Kier molecular flexibility index (Phi) is 7.09. The van der Waals surface area contributed by atoms with Crippen LogP contribution in [0.2, 0.25) is 0 Å². The molecule has 0 saturated carbocycles. The van der Waals surface area contributed by atoms with Crippen LogP contribution in [0.4, 0.5) is 22.7 Å². The molecule has 0 spiro atoms. The number of hydrogen-bond donors (Lipinski definition) is 0. The molecule has 0 fully saturated rings. The van der Waals surface area contributed by atoms with Gasteiger partial charge >= 0.3 is 0 Å². The molecule has 0 unspecified atom stereocenters. The summed E-state index contributed by atoms with van der Waals surface area (Å²) in [7, 11) is -4.50. The molecule has 0 N–H and O–H groups in total. The van der Waals surface area contributed by atoms with Crippen molar-refractivity contribution in [3.8, 4) is 0 Å². The second kappa shape index (κ2) is 10.7. The van der Waals surface area contributed by atoms with Crippen LogP contribution in [0.15, 0.2) is 97.1 Å². The minimum Gasteiger partial charge on any atom is -0.258 e. The molecule has 43 heavy (non-hydrogen) atoms. The van der Waals surface area contributed by atoms with Crippen molar-refractivity contribution in [3.05, 3.63) is 160 Å². The molecule has 14 nitrogen and oxygen atoms in total. The lowest BCUT2D eigenvalue weighted by atomic mass is 9.89. The van der Waals surface area contributed by atoms with Gasteiger partial charge in [0.2, 0.25) is 9.84 Å². The highest BCUT2D eigenvalue weighted by Gasteiger charge is 2.41. The predicted molar refractivity (Wildman–Crippen MR) is 155 cm³/mol. The van der Waals surface area contributed by atoms with Gasteiger partial charge in [-0.1, -0.05) is 0 Å². The van der Waals surface area contributed by atoms with Gasteiger partial charge in [-0.3, -0.25) is 40.5 Å². The van der Waals surface area contributed by atoms with Crippen molar-refractivity contribution >= 4 is 53.5 Å². The summed E-state index contributed by atoms with van der Waals surface area (Å²) in [5, 5.41) is 45.2. The number of hydrogen-bond acceptors (Lipinski definition) is 10. The Morgan fingerprint density at radius 1 is 0.372 bits per heavy atom. The van der Waals surface area contributed by atoms with E-state index in [1.807, 2.05) is 0 Å². The molecular formula is C28H16N4O10S. The normalized spacial score (nSPS) is 14.0. The number of nitrogens with zero attached hydrogens (tertiary/aromatic N) is 4. The number of benzene rings is 4. The molecule has 0 aliphatic carbocycles. The van der Waals surface area contributed by atoms with Gasteiger partial charge in [0.25, 0.3) is 22.7 Å². The van der Waals surface area contributed by atoms with Crippen LogP contribution >= 0.6 is 0 Å². The summed E-state index contributed by atoms with van der Waals surface area (Å²) in [6, 6.07) is 19.6. The van der Waals surface area contributed by atoms with Gasteiger partial charge in [0.15, 0.2) is 0 Å². The van der Waals surface area contributed by atoms with Crippen LogP contribution in [-0.4, -0.2) is 28.1 Å². The highest BCUT2D eigenvalue weighted by molar-refractivity contribution is 8.10. The molecule has 214 valence electrons. The lowest BCUT2D eigenvalue weighted by Gasteiger charge is -2.13. The maximum absolute atomic E-state index is 14.4. The fourth-order valence-electron chi connectivity index (χ4n) is 4.72. The van der Waals surface area contributed by atoms with Gasteiger partial charge in [0.05, 0.1) is 29.5 Å². The molecule has 1 aliphatic heterocycles. The molecule has 0 aromatic heterocycles. The molecule has 0 atom stereocenters. The Bertz CT molecular complexity index is 1860. The minimum absolute atomic E-state index is 0.0651. The zero-order valence-corrected chi connectivity index (χ0v) is 22.3. The largest absolute Gasteiger partial charge is 0.269 e. The SMILES string of the molecule is O=[N+]([O-])c1ccc(C2=C(c3ccc([N+](=O)[O-])cc3)S(=O)(=O)C(c3ccc([N+](=O)[O-])cc3)=C2c2ccc([N+](=O)[O-])cc2)cc1. The predicted octanol–water partition coefficient (Wildman–Crippen LogP) is 6.18. The fourth-order valence-corrected chi connectivity index (χ4v) is 6.79. The molecule has 15 heteroatoms. The van der Waals surface area contributed by atoms with Gasteiger partial charge in [-0.15, -0.1) is 0 Å². The van der Waals surface area contributed by atoms with E-state index in [9.17, 15) is 48.9 Å². The van der Waals surface area contributed by atoms with Crippen molar-refractivity contribution in [2.75, 3.05) is 0 Å². The molecule has 1 heterocycles. The van der Waals surface area contributed by atoms with E-state index in [2.05, 4.69) is 0 Å². The standard InChI is InChI=1S/C28H16N4O10S/c33-29(34)21-9-1-17(2-10-21)25-26(18-3-11-22(12-4-18)30(35)36)28(20-7-15-24(16-8-20)32(39)40)43(41,42)27(25)19-5-13-23(14-6-19)31(37)38/h1-16H. The van der Waals surface area contributed by atoms with Crippen molar-refractivity contribution in [2.24, 2.45) is 0 Å². The van der Waals surface area contributed by atoms with E-state index < -0.39 is 29.5 Å². The highest BCUT2D eigenvalue weighted by atomic mass is 32.2. The summed E-state index contributed by atoms with van der Waals surface area (Å²) < 4.78 is 28.9. The van der Waals surface area contributed by atoms with Crippen LogP contribution in [0.5, 0.6) is 0 Å². The van der Waals surface area contributed by atoms with Crippen molar-refractivity contribution < 1.29 is 28.1 Å². The smallest absolute Gasteiger partial charge is 0.258 e. The Morgan fingerprint density at radius 2 is 0.581 bits per heavy atom. The second-order valence-electron chi connectivity index (χ2n) is 9.13. The third kappa shape index (κ3) is 5.11. The number of nitro groups is 4. The van der Waals surface area contributed by atoms with E-state index in [4.69, 9.17) is 0 Å². The van der Waals surface area contributed by atoms with Crippen molar-refractivity contribution in [1.29, 1.82) is 0 Å². The van der Waals surface area contributed by atoms with E-state index in [0.717, 1.165) is 24.3 Å². The zero-order chi connectivity index (χ0) is 31.1. The number of non-ortho nitro benzene ring substituents is 4. The number of sulfone groups is 1. The molecule has 0 amide bonds. The highest BCUT2D eigenvalue weighted by Crippen LogP contribution is 2.54. The Balaban J connectivity index is 1.88. The summed E-state index contributed by atoms with van der Waals surface area (Å²) in [6.07, 6.45) is 0. The molecule has 4 aromatic carbocycles. The van der Waals surface area contributed by atoms with Crippen molar-refractivity contribution in [1.82, 2.24) is 0 Å². The van der Waals surface area contributed by atoms with Crippen LogP contribution < -0.4 is 0 Å². The molecule has 5 rings (SSSR count). The van der Waals surface area contributed by atoms with Crippen LogP contribution in [-0.2, 0) is 9.84 Å². The molecule has 0 saturated heterocycles. The first kappa shape index (κ1) is 28.4. The fraction of sp³-hybridized carbons (Fsp3) is 0. The first-order valence-electron chi connectivity index (χ1n) is 12.1. The first-order valence-corrected chi connectivity index (χ1v) is 13.6. The van der Waals surface area contributed by atoms with Crippen LogP contribution in [0.25, 0.3) is 21.0 Å². The Hall–Kier alpha value is -6.09. The molecule has 0 bridgehead atoms.